The molecular formula is C21H24N4O2S. The van der Waals surface area contributed by atoms with Crippen molar-refractivity contribution in [2.45, 2.75) is 6.92 Å². The number of nitrogens with one attached hydrogen (secondary N) is 1. The highest BCUT2D eigenvalue weighted by atomic mass is 32.1. The summed E-state index contributed by atoms with van der Waals surface area (Å²) < 4.78 is 11.2. The lowest BCUT2D eigenvalue weighted by molar-refractivity contribution is 0.0320. The van der Waals surface area contributed by atoms with Gasteiger partial charge in [-0.2, -0.15) is 0 Å². The van der Waals surface area contributed by atoms with Crippen LogP contribution in [0.15, 0.2) is 48.0 Å². The Morgan fingerprint density at radius 2 is 2.11 bits per heavy atom. The zero-order valence-corrected chi connectivity index (χ0v) is 16.7. The summed E-state index contributed by atoms with van der Waals surface area (Å²) in [5.74, 6) is 0.631. The third-order valence-electron chi connectivity index (χ3n) is 4.57. The maximum atomic E-state index is 5.85. The van der Waals surface area contributed by atoms with Gasteiger partial charge in [0.25, 0.3) is 0 Å². The van der Waals surface area contributed by atoms with E-state index in [1.54, 1.807) is 17.5 Å². The summed E-state index contributed by atoms with van der Waals surface area (Å²) in [6.45, 7) is 7.12. The number of hydrogen-bond acceptors (Lipinski definition) is 7. The number of morpholine rings is 1. The minimum Gasteiger partial charge on any atom is -0.476 e. The zero-order chi connectivity index (χ0) is 19.2. The van der Waals surface area contributed by atoms with Crippen molar-refractivity contribution in [3.63, 3.8) is 0 Å². The smallest absolute Gasteiger partial charge is 0.213 e. The Morgan fingerprint density at radius 1 is 1.21 bits per heavy atom. The Kier molecular flexibility index (Phi) is 6.16. The van der Waals surface area contributed by atoms with Crippen LogP contribution < -0.4 is 10.1 Å². The molecule has 1 saturated heterocycles. The number of rotatable bonds is 7. The van der Waals surface area contributed by atoms with Crippen LogP contribution in [0.1, 0.15) is 5.56 Å². The van der Waals surface area contributed by atoms with E-state index in [1.165, 1.54) is 5.56 Å². The maximum absolute atomic E-state index is 5.85. The summed E-state index contributed by atoms with van der Waals surface area (Å²) in [5, 5.41) is 6.28. The fourth-order valence-electron chi connectivity index (χ4n) is 3.06. The summed E-state index contributed by atoms with van der Waals surface area (Å²) in [6.07, 6.45) is 1.77. The third-order valence-corrected chi connectivity index (χ3v) is 5.32. The van der Waals surface area contributed by atoms with Crippen LogP contribution in [-0.4, -0.2) is 54.3 Å². The summed E-state index contributed by atoms with van der Waals surface area (Å²) in [5.41, 5.74) is 4.18. The summed E-state index contributed by atoms with van der Waals surface area (Å²) >= 11 is 1.59. The van der Waals surface area contributed by atoms with E-state index < -0.39 is 0 Å². The van der Waals surface area contributed by atoms with Gasteiger partial charge in [-0.15, -0.1) is 11.3 Å². The minimum atomic E-state index is 0.619. The van der Waals surface area contributed by atoms with Gasteiger partial charge < -0.3 is 14.8 Å². The molecule has 6 nitrogen and oxygen atoms in total. The van der Waals surface area contributed by atoms with Crippen LogP contribution in [0.25, 0.3) is 11.3 Å². The largest absolute Gasteiger partial charge is 0.476 e. The van der Waals surface area contributed by atoms with Gasteiger partial charge in [0.15, 0.2) is 5.13 Å². The first-order chi connectivity index (χ1) is 13.8. The Labute approximate surface area is 169 Å². The molecule has 3 aromatic rings. The maximum Gasteiger partial charge on any atom is 0.213 e. The Bertz CT molecular complexity index is 909. The Balaban J connectivity index is 1.36. The average Bonchev–Trinajstić information content (AvgIpc) is 3.18. The van der Waals surface area contributed by atoms with Crippen LogP contribution in [0.4, 0.5) is 10.8 Å². The van der Waals surface area contributed by atoms with E-state index in [1.807, 2.05) is 29.6 Å². The molecule has 1 fully saturated rings. The number of thiazole rings is 1. The molecule has 0 aliphatic carbocycles. The molecule has 0 spiro atoms. The molecule has 0 amide bonds. The van der Waals surface area contributed by atoms with Crippen molar-refractivity contribution in [2.24, 2.45) is 0 Å². The van der Waals surface area contributed by atoms with Crippen molar-refractivity contribution in [2.75, 3.05) is 44.8 Å². The van der Waals surface area contributed by atoms with Crippen molar-refractivity contribution < 1.29 is 9.47 Å². The summed E-state index contributed by atoms with van der Waals surface area (Å²) in [4.78, 5) is 11.4. The second-order valence-electron chi connectivity index (χ2n) is 6.72. The number of ether oxygens (including phenoxy) is 2. The van der Waals surface area contributed by atoms with Crippen LogP contribution in [0.3, 0.4) is 0 Å². The molecule has 0 unspecified atom stereocenters. The van der Waals surface area contributed by atoms with Crippen LogP contribution >= 0.6 is 11.3 Å². The van der Waals surface area contributed by atoms with Crippen LogP contribution in [-0.2, 0) is 4.74 Å². The molecule has 1 N–H and O–H groups in total. The molecule has 4 rings (SSSR count). The number of aryl methyl sites for hydroxylation is 1. The quantitative estimate of drug-likeness (QED) is 0.652. The number of aromatic nitrogens is 2. The van der Waals surface area contributed by atoms with Crippen molar-refractivity contribution in [1.82, 2.24) is 14.9 Å². The minimum absolute atomic E-state index is 0.619. The zero-order valence-electron chi connectivity index (χ0n) is 15.9. The molecule has 0 bridgehead atoms. The molecule has 0 saturated carbocycles. The lowest BCUT2D eigenvalue weighted by atomic mass is 10.2. The van der Waals surface area contributed by atoms with Gasteiger partial charge in [-0.05, 0) is 30.7 Å². The van der Waals surface area contributed by atoms with E-state index in [4.69, 9.17) is 14.5 Å². The monoisotopic (exact) mass is 396 g/mol. The van der Waals surface area contributed by atoms with Crippen LogP contribution in [0.2, 0.25) is 0 Å². The average molecular weight is 397 g/mol. The molecule has 1 aromatic carbocycles. The highest BCUT2D eigenvalue weighted by Gasteiger charge is 2.11. The van der Waals surface area contributed by atoms with Crippen LogP contribution in [0, 0.1) is 6.92 Å². The van der Waals surface area contributed by atoms with Crippen molar-refractivity contribution >= 4 is 22.2 Å². The number of hydrogen-bond donors (Lipinski definition) is 1. The first-order valence-electron chi connectivity index (χ1n) is 9.45. The van der Waals surface area contributed by atoms with Crippen molar-refractivity contribution in [3.05, 3.63) is 53.5 Å². The second-order valence-corrected chi connectivity index (χ2v) is 7.58. The predicted octanol–water partition coefficient (Wildman–Crippen LogP) is 3.97. The number of benzene rings is 1. The normalized spacial score (nSPS) is 14.8. The topological polar surface area (TPSA) is 59.5 Å². The van der Waals surface area contributed by atoms with Gasteiger partial charge in [-0.1, -0.05) is 12.1 Å². The first-order valence-corrected chi connectivity index (χ1v) is 10.3. The van der Waals surface area contributed by atoms with Crippen molar-refractivity contribution in [1.29, 1.82) is 0 Å². The summed E-state index contributed by atoms with van der Waals surface area (Å²) in [6, 6.07) is 12.2. The molecule has 1 aliphatic heterocycles. The molecule has 28 heavy (non-hydrogen) atoms. The fourth-order valence-corrected chi connectivity index (χ4v) is 3.80. The van der Waals surface area contributed by atoms with Gasteiger partial charge in [0.1, 0.15) is 6.61 Å². The number of pyridine rings is 1. The highest BCUT2D eigenvalue weighted by Crippen LogP contribution is 2.28. The predicted molar refractivity (Wildman–Crippen MR) is 113 cm³/mol. The van der Waals surface area contributed by atoms with E-state index in [0.717, 1.165) is 54.9 Å². The van der Waals surface area contributed by atoms with Crippen molar-refractivity contribution in [3.8, 4) is 17.1 Å². The second kappa shape index (κ2) is 9.14. The lowest BCUT2D eigenvalue weighted by Gasteiger charge is -2.26. The lowest BCUT2D eigenvalue weighted by Crippen LogP contribution is -2.38. The molecular weight excluding hydrogens is 372 g/mol. The molecule has 7 heteroatoms. The van der Waals surface area contributed by atoms with Gasteiger partial charge in [0.2, 0.25) is 5.88 Å². The van der Waals surface area contributed by atoms with Crippen LogP contribution in [0.5, 0.6) is 5.88 Å². The Morgan fingerprint density at radius 3 is 2.96 bits per heavy atom. The standard InChI is InChI=1S/C21H24N4O2S/c1-16-3-2-4-18(13-16)23-21-24-19(15-28-21)17-5-6-22-20(14-17)27-12-9-25-7-10-26-11-8-25/h2-6,13-15H,7-12H2,1H3,(H,23,24). The van der Waals surface area contributed by atoms with E-state index in [9.17, 15) is 0 Å². The SMILES string of the molecule is Cc1cccc(Nc2nc(-c3ccnc(OCCN4CCOCC4)c3)cs2)c1. The molecule has 2 aromatic heterocycles. The molecule has 3 heterocycles. The number of anilines is 2. The fraction of sp³-hybridized carbons (Fsp3) is 0.333. The van der Waals surface area contributed by atoms with E-state index in [0.29, 0.717) is 12.5 Å². The van der Waals surface area contributed by atoms with Gasteiger partial charge >= 0.3 is 0 Å². The molecule has 146 valence electrons. The summed E-state index contributed by atoms with van der Waals surface area (Å²) in [7, 11) is 0. The van der Waals surface area contributed by atoms with Gasteiger partial charge in [0.05, 0.1) is 18.9 Å². The molecule has 1 aliphatic rings. The van der Waals surface area contributed by atoms with Gasteiger partial charge in [-0.25, -0.2) is 9.97 Å². The molecule has 0 atom stereocenters. The Hall–Kier alpha value is -2.48. The molecule has 0 radical (unpaired) electrons. The number of nitrogens with zero attached hydrogens (tertiary/aromatic N) is 3. The first kappa shape index (κ1) is 18.9. The third kappa shape index (κ3) is 5.07. The van der Waals surface area contributed by atoms with E-state index in [-0.39, 0.29) is 0 Å². The van der Waals surface area contributed by atoms with Gasteiger partial charge in [-0.3, -0.25) is 4.90 Å². The van der Waals surface area contributed by atoms with Gasteiger partial charge in [0, 0.05) is 48.5 Å². The highest BCUT2D eigenvalue weighted by molar-refractivity contribution is 7.14. The van der Waals surface area contributed by atoms with E-state index >= 15 is 0 Å². The van der Waals surface area contributed by atoms with E-state index in [2.05, 4.69) is 34.3 Å².